The molecule has 0 spiro atoms. The normalized spacial score (nSPS) is 15.5. The first-order valence-electron chi connectivity index (χ1n) is 10.2. The Balaban J connectivity index is 1.52. The average Bonchev–Trinajstić information content (AvgIpc) is 3.33. The minimum absolute atomic E-state index is 0.116. The van der Waals surface area contributed by atoms with Crippen LogP contribution in [0.15, 0.2) is 36.8 Å². The molecule has 4 aromatic heterocycles. The third-order valence-electron chi connectivity index (χ3n) is 5.71. The van der Waals surface area contributed by atoms with Crippen LogP contribution < -0.4 is 10.1 Å². The van der Waals surface area contributed by atoms with Crippen LogP contribution in [0.25, 0.3) is 16.8 Å². The van der Waals surface area contributed by atoms with Gasteiger partial charge in [-0.15, -0.1) is 0 Å². The molecule has 0 radical (unpaired) electrons. The number of fused-ring (bicyclic) bond motifs is 2. The van der Waals surface area contributed by atoms with Gasteiger partial charge < -0.3 is 15.2 Å². The minimum atomic E-state index is -1.44. The van der Waals surface area contributed by atoms with E-state index in [1.165, 1.54) is 12.1 Å². The second-order valence-corrected chi connectivity index (χ2v) is 8.53. The van der Waals surface area contributed by atoms with Crippen LogP contribution in [-0.4, -0.2) is 42.6 Å². The highest BCUT2D eigenvalue weighted by atomic mass is 35.5. The molecule has 0 amide bonds. The SMILES string of the molecule is Cc1c(-c2cc(OCC(C)(O)c3ccc(F)cn3)c3c(Cl)cnn3c2)nn2c1CNCC2. The molecule has 1 aliphatic heterocycles. The summed E-state index contributed by atoms with van der Waals surface area (Å²) in [7, 11) is 0. The molecular formula is C22H22ClFN6O2. The summed E-state index contributed by atoms with van der Waals surface area (Å²) < 4.78 is 22.9. The number of hydrogen-bond acceptors (Lipinski definition) is 6. The number of nitrogens with zero attached hydrogens (tertiary/aromatic N) is 5. The first-order chi connectivity index (χ1) is 15.3. The summed E-state index contributed by atoms with van der Waals surface area (Å²) in [6, 6.07) is 4.54. The van der Waals surface area contributed by atoms with Gasteiger partial charge in [-0.1, -0.05) is 11.6 Å². The van der Waals surface area contributed by atoms with Gasteiger partial charge in [-0.2, -0.15) is 10.2 Å². The highest BCUT2D eigenvalue weighted by Crippen LogP contribution is 2.34. The average molecular weight is 457 g/mol. The third kappa shape index (κ3) is 3.62. The molecule has 0 bridgehead atoms. The summed E-state index contributed by atoms with van der Waals surface area (Å²) in [4.78, 5) is 3.98. The predicted octanol–water partition coefficient (Wildman–Crippen LogP) is 3.08. The highest BCUT2D eigenvalue weighted by molar-refractivity contribution is 6.34. The molecule has 1 unspecified atom stereocenters. The number of pyridine rings is 2. The Morgan fingerprint density at radius 3 is 2.94 bits per heavy atom. The van der Waals surface area contributed by atoms with E-state index >= 15 is 0 Å². The van der Waals surface area contributed by atoms with Crippen LogP contribution in [0, 0.1) is 12.7 Å². The van der Waals surface area contributed by atoms with E-state index in [2.05, 4.69) is 15.4 Å². The number of nitrogens with one attached hydrogen (secondary N) is 1. The van der Waals surface area contributed by atoms with Crippen LogP contribution in [0.3, 0.4) is 0 Å². The van der Waals surface area contributed by atoms with Crippen molar-refractivity contribution in [1.82, 2.24) is 29.7 Å². The van der Waals surface area contributed by atoms with Gasteiger partial charge in [0.05, 0.1) is 41.0 Å². The number of aromatic nitrogens is 5. The fourth-order valence-corrected chi connectivity index (χ4v) is 4.16. The zero-order valence-electron chi connectivity index (χ0n) is 17.6. The van der Waals surface area contributed by atoms with Gasteiger partial charge in [0.1, 0.15) is 29.3 Å². The molecule has 32 heavy (non-hydrogen) atoms. The van der Waals surface area contributed by atoms with Crippen molar-refractivity contribution in [3.63, 3.8) is 0 Å². The molecule has 8 nitrogen and oxygen atoms in total. The lowest BCUT2D eigenvalue weighted by Gasteiger charge is -2.23. The van der Waals surface area contributed by atoms with Crippen molar-refractivity contribution in [3.8, 4) is 17.0 Å². The van der Waals surface area contributed by atoms with Crippen molar-refractivity contribution >= 4 is 17.1 Å². The van der Waals surface area contributed by atoms with E-state index in [9.17, 15) is 9.50 Å². The van der Waals surface area contributed by atoms with Gasteiger partial charge in [-0.25, -0.2) is 8.91 Å². The van der Waals surface area contributed by atoms with Crippen molar-refractivity contribution in [1.29, 1.82) is 0 Å². The molecule has 1 aliphatic rings. The fourth-order valence-electron chi connectivity index (χ4n) is 3.94. The monoisotopic (exact) mass is 456 g/mol. The molecule has 5 heterocycles. The van der Waals surface area contributed by atoms with E-state index in [1.54, 1.807) is 17.6 Å². The first kappa shape index (κ1) is 20.9. The maximum absolute atomic E-state index is 13.2. The van der Waals surface area contributed by atoms with Crippen molar-refractivity contribution in [2.24, 2.45) is 0 Å². The Hall–Kier alpha value is -3.01. The summed E-state index contributed by atoms with van der Waals surface area (Å²) in [5, 5.41) is 23.8. The van der Waals surface area contributed by atoms with Gasteiger partial charge in [-0.05, 0) is 37.6 Å². The zero-order valence-corrected chi connectivity index (χ0v) is 18.4. The second-order valence-electron chi connectivity index (χ2n) is 8.12. The number of hydrogen-bond donors (Lipinski definition) is 2. The molecule has 2 N–H and O–H groups in total. The second kappa shape index (κ2) is 7.84. The Morgan fingerprint density at radius 2 is 2.19 bits per heavy atom. The molecule has 166 valence electrons. The third-order valence-corrected chi connectivity index (χ3v) is 5.98. The molecular weight excluding hydrogens is 435 g/mol. The van der Waals surface area contributed by atoms with Crippen LogP contribution in [0.5, 0.6) is 5.75 Å². The molecule has 0 aromatic carbocycles. The van der Waals surface area contributed by atoms with Crippen LogP contribution in [0.1, 0.15) is 23.9 Å². The number of aliphatic hydroxyl groups is 1. The van der Waals surface area contributed by atoms with Gasteiger partial charge in [-0.3, -0.25) is 9.67 Å². The van der Waals surface area contributed by atoms with Crippen LogP contribution in [-0.2, 0) is 18.7 Å². The van der Waals surface area contributed by atoms with E-state index < -0.39 is 11.4 Å². The predicted molar refractivity (Wildman–Crippen MR) is 117 cm³/mol. The van der Waals surface area contributed by atoms with Gasteiger partial charge in [0.2, 0.25) is 0 Å². The summed E-state index contributed by atoms with van der Waals surface area (Å²) in [5.41, 5.74) is 3.35. The van der Waals surface area contributed by atoms with Crippen LogP contribution >= 0.6 is 11.6 Å². The fraction of sp³-hybridized carbons (Fsp3) is 0.318. The topological polar surface area (TPSA) is 89.5 Å². The molecule has 0 saturated heterocycles. The Morgan fingerprint density at radius 1 is 1.34 bits per heavy atom. The van der Waals surface area contributed by atoms with Crippen LogP contribution in [0.2, 0.25) is 5.02 Å². The maximum Gasteiger partial charge on any atom is 0.147 e. The van der Waals surface area contributed by atoms with Crippen LogP contribution in [0.4, 0.5) is 4.39 Å². The van der Waals surface area contributed by atoms with Crippen molar-refractivity contribution < 1.29 is 14.2 Å². The lowest BCUT2D eigenvalue weighted by atomic mass is 10.0. The Kier molecular flexibility index (Phi) is 5.11. The van der Waals surface area contributed by atoms with E-state index in [0.717, 1.165) is 48.3 Å². The summed E-state index contributed by atoms with van der Waals surface area (Å²) in [5.74, 6) is -0.0184. The van der Waals surface area contributed by atoms with Gasteiger partial charge in [0.15, 0.2) is 0 Å². The largest absolute Gasteiger partial charge is 0.488 e. The molecule has 1 atom stereocenters. The summed E-state index contributed by atoms with van der Waals surface area (Å²) >= 11 is 6.37. The Labute approximate surface area is 188 Å². The summed E-state index contributed by atoms with van der Waals surface area (Å²) in [6.07, 6.45) is 4.47. The Bertz CT molecular complexity index is 1300. The van der Waals surface area contributed by atoms with Gasteiger partial charge >= 0.3 is 0 Å². The quantitative estimate of drug-likeness (QED) is 0.479. The molecule has 4 aromatic rings. The van der Waals surface area contributed by atoms with E-state index in [1.807, 2.05) is 23.9 Å². The molecule has 5 rings (SSSR count). The minimum Gasteiger partial charge on any atom is -0.488 e. The van der Waals surface area contributed by atoms with E-state index in [4.69, 9.17) is 21.4 Å². The highest BCUT2D eigenvalue weighted by Gasteiger charge is 2.27. The smallest absolute Gasteiger partial charge is 0.147 e. The lowest BCUT2D eigenvalue weighted by Crippen LogP contribution is -2.30. The van der Waals surface area contributed by atoms with E-state index in [-0.39, 0.29) is 6.61 Å². The van der Waals surface area contributed by atoms with Gasteiger partial charge in [0, 0.05) is 24.8 Å². The lowest BCUT2D eigenvalue weighted by molar-refractivity contribution is 0.00420. The molecule has 10 heteroatoms. The first-order valence-corrected chi connectivity index (χ1v) is 10.6. The van der Waals surface area contributed by atoms with E-state index in [0.29, 0.717) is 22.0 Å². The van der Waals surface area contributed by atoms with Gasteiger partial charge in [0.25, 0.3) is 0 Å². The number of halogens is 2. The number of ether oxygens (including phenoxy) is 1. The number of rotatable bonds is 5. The molecule has 0 fully saturated rings. The maximum atomic E-state index is 13.2. The molecule has 0 aliphatic carbocycles. The standard InChI is InChI=1S/C22H22ClFN6O2/c1-13-17-10-25-5-6-29(17)28-20(13)14-7-18(21-16(23)9-27-30(21)11-14)32-12-22(2,31)19-4-3-15(24)8-26-19/h3-4,7-9,11,25,31H,5-6,10,12H2,1-2H3. The van der Waals surface area contributed by atoms with Crippen molar-refractivity contribution in [3.05, 3.63) is 64.6 Å². The van der Waals surface area contributed by atoms with Crippen molar-refractivity contribution in [2.75, 3.05) is 13.2 Å². The van der Waals surface area contributed by atoms with Crippen molar-refractivity contribution in [2.45, 2.75) is 32.5 Å². The summed E-state index contributed by atoms with van der Waals surface area (Å²) in [6.45, 7) is 5.95. The molecule has 0 saturated carbocycles. The zero-order chi connectivity index (χ0) is 22.5.